The van der Waals surface area contributed by atoms with Crippen molar-refractivity contribution in [3.05, 3.63) is 105 Å². The molecule has 2 aromatic heterocycles. The number of aromatic amines is 1. The predicted molar refractivity (Wildman–Crippen MR) is 124 cm³/mol. The third kappa shape index (κ3) is 4.77. The summed E-state index contributed by atoms with van der Waals surface area (Å²) in [5, 5.41) is 14.9. The van der Waals surface area contributed by atoms with Crippen LogP contribution in [0.1, 0.15) is 17.0 Å². The molecule has 4 rings (SSSR count). The van der Waals surface area contributed by atoms with E-state index >= 15 is 0 Å². The lowest BCUT2D eigenvalue weighted by Gasteiger charge is -2.19. The Balaban J connectivity index is 1.58. The van der Waals surface area contributed by atoms with Crippen LogP contribution in [-0.4, -0.2) is 34.0 Å². The number of para-hydroxylation sites is 1. The molecule has 0 aliphatic heterocycles. The average molecular weight is 446 g/mol. The van der Waals surface area contributed by atoms with Crippen LogP contribution >= 0.6 is 0 Å². The number of aromatic nitrogens is 2. The fraction of sp³-hybridized carbons (Fsp3) is 0.167. The molecule has 4 aromatic rings. The van der Waals surface area contributed by atoms with Crippen LogP contribution in [-0.2, 0) is 11.3 Å². The number of fused-ring (bicyclic) bond motifs is 1. The molecule has 0 saturated carbocycles. The number of hydrogen-bond donors (Lipinski definition) is 2. The van der Waals surface area contributed by atoms with Gasteiger partial charge in [-0.1, -0.05) is 30.3 Å². The molecule has 0 saturated heterocycles. The van der Waals surface area contributed by atoms with E-state index in [0.717, 1.165) is 50.7 Å². The first-order valence-electron chi connectivity index (χ1n) is 10.3. The van der Waals surface area contributed by atoms with E-state index in [1.807, 2.05) is 54.7 Å². The Morgan fingerprint density at radius 2 is 1.91 bits per heavy atom. The number of carbonyl (C=O) groups excluding carboxylic acids is 1. The van der Waals surface area contributed by atoms with Crippen molar-refractivity contribution in [1.82, 2.24) is 14.9 Å². The minimum absolute atomic E-state index is 0.169. The number of H-pyrrole nitrogens is 1. The van der Waals surface area contributed by atoms with E-state index in [-0.39, 0.29) is 24.7 Å². The lowest BCUT2D eigenvalue weighted by atomic mass is 9.91. The van der Waals surface area contributed by atoms with Gasteiger partial charge in [-0.3, -0.25) is 24.3 Å². The third-order valence-corrected chi connectivity index (χ3v) is 5.51. The van der Waals surface area contributed by atoms with Crippen LogP contribution in [0.15, 0.2) is 77.9 Å². The molecule has 0 aliphatic rings. The van der Waals surface area contributed by atoms with Gasteiger partial charge in [0, 0.05) is 41.7 Å². The van der Waals surface area contributed by atoms with E-state index in [4.69, 9.17) is 4.74 Å². The highest BCUT2D eigenvalue weighted by atomic mass is 16.6. The zero-order chi connectivity index (χ0) is 23.4. The van der Waals surface area contributed by atoms with E-state index in [2.05, 4.69) is 10.3 Å². The monoisotopic (exact) mass is 446 g/mol. The van der Waals surface area contributed by atoms with Crippen LogP contribution in [0, 0.1) is 10.1 Å². The zero-order valence-corrected chi connectivity index (χ0v) is 17.9. The minimum Gasteiger partial charge on any atom is -0.497 e. The second kappa shape index (κ2) is 9.39. The van der Waals surface area contributed by atoms with E-state index < -0.39 is 16.4 Å². The molecule has 2 aromatic carbocycles. The summed E-state index contributed by atoms with van der Waals surface area (Å²) in [7, 11) is 1.60. The number of nitrogens with zero attached hydrogens (tertiary/aromatic N) is 2. The lowest BCUT2D eigenvalue weighted by Crippen LogP contribution is -2.34. The van der Waals surface area contributed by atoms with Crippen molar-refractivity contribution < 1.29 is 14.5 Å². The van der Waals surface area contributed by atoms with Crippen molar-refractivity contribution in [2.45, 2.75) is 12.5 Å². The Kier molecular flexibility index (Phi) is 6.21. The second-order valence-corrected chi connectivity index (χ2v) is 7.53. The number of nitrogens with one attached hydrogen (secondary N) is 2. The van der Waals surface area contributed by atoms with Gasteiger partial charge in [-0.15, -0.1) is 0 Å². The molecular weight excluding hydrogens is 424 g/mol. The highest BCUT2D eigenvalue weighted by molar-refractivity contribution is 5.84. The molecule has 0 radical (unpaired) electrons. The quantitative estimate of drug-likeness (QED) is 0.318. The molecule has 0 spiro atoms. The number of rotatable bonds is 8. The number of ether oxygens (including phenoxy) is 1. The van der Waals surface area contributed by atoms with Gasteiger partial charge >= 0.3 is 0 Å². The van der Waals surface area contributed by atoms with Gasteiger partial charge in [-0.05, 0) is 29.3 Å². The number of methoxy groups -OCH3 is 1. The van der Waals surface area contributed by atoms with Gasteiger partial charge in [0.2, 0.25) is 5.91 Å². The molecule has 0 aliphatic carbocycles. The fourth-order valence-corrected chi connectivity index (χ4v) is 3.80. The standard InChI is InChI=1S/C24H22N4O5/c1-33-18-9-6-16(7-10-18)20(21-13-25-22-5-3-2-4-19(21)22)12-26-23(29)15-27-14-17(28(31)32)8-11-24(27)30/h2-11,13-14,20,25H,12,15H2,1H3,(H,26,29). The molecule has 33 heavy (non-hydrogen) atoms. The first-order valence-corrected chi connectivity index (χ1v) is 10.3. The Morgan fingerprint density at radius 3 is 2.64 bits per heavy atom. The van der Waals surface area contributed by atoms with Crippen molar-refractivity contribution in [1.29, 1.82) is 0 Å². The molecule has 1 unspecified atom stereocenters. The second-order valence-electron chi connectivity index (χ2n) is 7.53. The van der Waals surface area contributed by atoms with E-state index in [1.165, 1.54) is 0 Å². The topological polar surface area (TPSA) is 119 Å². The molecule has 1 amide bonds. The first-order chi connectivity index (χ1) is 16.0. The molecular formula is C24H22N4O5. The third-order valence-electron chi connectivity index (χ3n) is 5.51. The van der Waals surface area contributed by atoms with Crippen molar-refractivity contribution in [2.24, 2.45) is 0 Å². The Hall–Kier alpha value is -4.40. The summed E-state index contributed by atoms with van der Waals surface area (Å²) in [5.74, 6) is 0.138. The van der Waals surface area contributed by atoms with Gasteiger partial charge in [0.15, 0.2) is 0 Å². The van der Waals surface area contributed by atoms with Gasteiger partial charge < -0.3 is 15.0 Å². The van der Waals surface area contributed by atoms with Gasteiger partial charge in [0.05, 0.1) is 18.2 Å². The molecule has 9 heteroatoms. The van der Waals surface area contributed by atoms with E-state index in [9.17, 15) is 19.7 Å². The largest absolute Gasteiger partial charge is 0.497 e. The van der Waals surface area contributed by atoms with Crippen LogP contribution in [0.25, 0.3) is 10.9 Å². The molecule has 2 heterocycles. The SMILES string of the molecule is COc1ccc(C(CNC(=O)Cn2cc([N+](=O)[O-])ccc2=O)c2c[nH]c3ccccc23)cc1. The molecule has 1 atom stereocenters. The van der Waals surface area contributed by atoms with E-state index in [0.29, 0.717) is 0 Å². The first kappa shape index (κ1) is 21.8. The molecule has 0 bridgehead atoms. The van der Waals surface area contributed by atoms with Crippen molar-refractivity contribution in [2.75, 3.05) is 13.7 Å². The van der Waals surface area contributed by atoms with Crippen LogP contribution in [0.2, 0.25) is 0 Å². The van der Waals surface area contributed by atoms with Crippen LogP contribution in [0.4, 0.5) is 5.69 Å². The number of nitro groups is 1. The van der Waals surface area contributed by atoms with Crippen LogP contribution < -0.4 is 15.6 Å². The smallest absolute Gasteiger partial charge is 0.285 e. The number of benzene rings is 2. The molecule has 2 N–H and O–H groups in total. The Bertz CT molecular complexity index is 1360. The van der Waals surface area contributed by atoms with Crippen molar-refractivity contribution in [3.63, 3.8) is 0 Å². The summed E-state index contributed by atoms with van der Waals surface area (Å²) in [6, 6.07) is 17.7. The summed E-state index contributed by atoms with van der Waals surface area (Å²) in [4.78, 5) is 38.3. The van der Waals surface area contributed by atoms with Crippen molar-refractivity contribution in [3.8, 4) is 5.75 Å². The Morgan fingerprint density at radius 1 is 1.15 bits per heavy atom. The summed E-state index contributed by atoms with van der Waals surface area (Å²) >= 11 is 0. The minimum atomic E-state index is -0.607. The summed E-state index contributed by atoms with van der Waals surface area (Å²) in [6.45, 7) is -0.0413. The summed E-state index contributed by atoms with van der Waals surface area (Å²) < 4.78 is 6.29. The van der Waals surface area contributed by atoms with E-state index in [1.54, 1.807) is 7.11 Å². The molecule has 168 valence electrons. The number of amides is 1. The average Bonchev–Trinajstić information content (AvgIpc) is 3.25. The van der Waals surface area contributed by atoms with Gasteiger partial charge in [-0.25, -0.2) is 0 Å². The molecule has 9 nitrogen and oxygen atoms in total. The van der Waals surface area contributed by atoms with Crippen LogP contribution in [0.5, 0.6) is 5.75 Å². The maximum absolute atomic E-state index is 12.6. The fourth-order valence-electron chi connectivity index (χ4n) is 3.80. The number of carbonyl (C=O) groups is 1. The zero-order valence-electron chi connectivity index (χ0n) is 17.9. The number of pyridine rings is 1. The predicted octanol–water partition coefficient (Wildman–Crippen LogP) is 3.19. The Labute approximate surface area is 188 Å². The van der Waals surface area contributed by atoms with Gasteiger partial charge in [0.25, 0.3) is 11.2 Å². The summed E-state index contributed by atoms with van der Waals surface area (Å²) in [5.41, 5.74) is 2.24. The van der Waals surface area contributed by atoms with Crippen molar-refractivity contribution >= 4 is 22.5 Å². The maximum atomic E-state index is 12.6. The maximum Gasteiger partial charge on any atom is 0.285 e. The highest BCUT2D eigenvalue weighted by Gasteiger charge is 2.20. The van der Waals surface area contributed by atoms with Gasteiger partial charge in [0.1, 0.15) is 12.3 Å². The molecule has 0 fully saturated rings. The highest BCUT2D eigenvalue weighted by Crippen LogP contribution is 2.31. The van der Waals surface area contributed by atoms with Crippen LogP contribution in [0.3, 0.4) is 0 Å². The summed E-state index contributed by atoms with van der Waals surface area (Å²) in [6.07, 6.45) is 3.00. The van der Waals surface area contributed by atoms with Gasteiger partial charge in [-0.2, -0.15) is 0 Å². The normalized spacial score (nSPS) is 11.8. The lowest BCUT2D eigenvalue weighted by molar-refractivity contribution is -0.385. The number of hydrogen-bond acceptors (Lipinski definition) is 5.